The van der Waals surface area contributed by atoms with Crippen LogP contribution in [0.25, 0.3) is 11.3 Å². The van der Waals surface area contributed by atoms with E-state index < -0.39 is 0 Å². The smallest absolute Gasteiger partial charge is 0.133 e. The number of nitrogens with zero attached hydrogens (tertiary/aromatic N) is 2. The average molecular weight is 304 g/mol. The number of aromatic nitrogens is 2. The number of benzene rings is 2. The van der Waals surface area contributed by atoms with E-state index in [0.29, 0.717) is 0 Å². The lowest BCUT2D eigenvalue weighted by Gasteiger charge is -2.12. The first-order valence-electron chi connectivity index (χ1n) is 7.69. The van der Waals surface area contributed by atoms with E-state index in [1.807, 2.05) is 44.2 Å². The van der Waals surface area contributed by atoms with Crippen LogP contribution in [0, 0.1) is 27.7 Å². The molecule has 116 valence electrons. The summed E-state index contributed by atoms with van der Waals surface area (Å²) in [6.07, 6.45) is 1.80. The van der Waals surface area contributed by atoms with Gasteiger partial charge in [0.25, 0.3) is 0 Å². The van der Waals surface area contributed by atoms with E-state index in [1.165, 1.54) is 0 Å². The van der Waals surface area contributed by atoms with Gasteiger partial charge < -0.3 is 4.74 Å². The molecular weight excluding hydrogens is 284 g/mol. The predicted molar refractivity (Wildman–Crippen MR) is 92.9 cm³/mol. The highest BCUT2D eigenvalue weighted by Gasteiger charge is 2.08. The zero-order valence-corrected chi connectivity index (χ0v) is 13.9. The molecule has 0 atom stereocenters. The minimum Gasteiger partial charge on any atom is -0.457 e. The summed E-state index contributed by atoms with van der Waals surface area (Å²) in [5, 5.41) is 0. The van der Waals surface area contributed by atoms with Gasteiger partial charge in [0.2, 0.25) is 0 Å². The van der Waals surface area contributed by atoms with Gasteiger partial charge >= 0.3 is 0 Å². The summed E-state index contributed by atoms with van der Waals surface area (Å²) in [7, 11) is 0. The summed E-state index contributed by atoms with van der Waals surface area (Å²) in [5.41, 5.74) is 6.09. The van der Waals surface area contributed by atoms with Crippen LogP contribution < -0.4 is 4.74 Å². The van der Waals surface area contributed by atoms with Gasteiger partial charge in [-0.15, -0.1) is 0 Å². The van der Waals surface area contributed by atoms with Crippen LogP contribution in [0.5, 0.6) is 11.5 Å². The van der Waals surface area contributed by atoms with Gasteiger partial charge in [-0.2, -0.15) is 0 Å². The highest BCUT2D eigenvalue weighted by Crippen LogP contribution is 2.30. The summed E-state index contributed by atoms with van der Waals surface area (Å²) < 4.78 is 6.04. The minimum atomic E-state index is 0.823. The molecule has 3 nitrogen and oxygen atoms in total. The third-order valence-electron chi connectivity index (χ3n) is 3.82. The zero-order valence-electron chi connectivity index (χ0n) is 13.9. The molecule has 23 heavy (non-hydrogen) atoms. The second-order valence-electron chi connectivity index (χ2n) is 5.79. The third kappa shape index (κ3) is 3.24. The van der Waals surface area contributed by atoms with Gasteiger partial charge in [-0.25, -0.2) is 0 Å². The number of ether oxygens (including phenoxy) is 1. The van der Waals surface area contributed by atoms with Crippen LogP contribution in [0.3, 0.4) is 0 Å². The first-order valence-corrected chi connectivity index (χ1v) is 7.69. The van der Waals surface area contributed by atoms with E-state index in [2.05, 4.69) is 35.9 Å². The van der Waals surface area contributed by atoms with Crippen LogP contribution >= 0.6 is 0 Å². The van der Waals surface area contributed by atoms with Crippen LogP contribution in [0.4, 0.5) is 0 Å². The van der Waals surface area contributed by atoms with Crippen molar-refractivity contribution in [3.63, 3.8) is 0 Å². The maximum Gasteiger partial charge on any atom is 0.133 e. The second-order valence-corrected chi connectivity index (χ2v) is 5.79. The molecule has 0 amide bonds. The molecule has 0 fully saturated rings. The summed E-state index contributed by atoms with van der Waals surface area (Å²) in [6, 6.07) is 14.2. The summed E-state index contributed by atoms with van der Waals surface area (Å²) in [5.74, 6) is 1.75. The summed E-state index contributed by atoms with van der Waals surface area (Å²) in [4.78, 5) is 8.96. The molecular formula is C20H20N2O. The van der Waals surface area contributed by atoms with Gasteiger partial charge in [-0.05, 0) is 63.1 Å². The van der Waals surface area contributed by atoms with E-state index in [0.717, 1.165) is 45.3 Å². The molecule has 1 heterocycles. The molecule has 0 spiro atoms. The topological polar surface area (TPSA) is 35.0 Å². The van der Waals surface area contributed by atoms with Crippen LogP contribution in [-0.2, 0) is 0 Å². The van der Waals surface area contributed by atoms with E-state index in [-0.39, 0.29) is 0 Å². The van der Waals surface area contributed by atoms with Crippen LogP contribution in [0.15, 0.2) is 48.7 Å². The van der Waals surface area contributed by atoms with Gasteiger partial charge in [-0.3, -0.25) is 9.97 Å². The largest absolute Gasteiger partial charge is 0.457 e. The molecule has 0 aliphatic rings. The lowest BCUT2D eigenvalue weighted by atomic mass is 10.1. The van der Waals surface area contributed by atoms with Crippen molar-refractivity contribution in [3.05, 3.63) is 71.2 Å². The Bertz CT molecular complexity index is 819. The van der Waals surface area contributed by atoms with Crippen molar-refractivity contribution in [2.75, 3.05) is 0 Å². The Hall–Kier alpha value is -2.68. The Balaban J connectivity index is 1.88. The van der Waals surface area contributed by atoms with Crippen molar-refractivity contribution in [3.8, 4) is 22.8 Å². The van der Waals surface area contributed by atoms with Crippen LogP contribution in [-0.4, -0.2) is 9.97 Å². The van der Waals surface area contributed by atoms with E-state index in [4.69, 9.17) is 4.74 Å². The van der Waals surface area contributed by atoms with Gasteiger partial charge in [0.05, 0.1) is 17.1 Å². The molecule has 1 aromatic heterocycles. The molecule has 0 radical (unpaired) electrons. The highest BCUT2D eigenvalue weighted by molar-refractivity contribution is 5.62. The normalized spacial score (nSPS) is 10.6. The number of aryl methyl sites for hydroxylation is 4. The van der Waals surface area contributed by atoms with Crippen molar-refractivity contribution in [2.45, 2.75) is 27.7 Å². The lowest BCUT2D eigenvalue weighted by molar-refractivity contribution is 0.475. The first-order chi connectivity index (χ1) is 11.0. The van der Waals surface area contributed by atoms with Gasteiger partial charge in [0.1, 0.15) is 11.5 Å². The van der Waals surface area contributed by atoms with Crippen molar-refractivity contribution in [1.82, 2.24) is 9.97 Å². The second kappa shape index (κ2) is 6.21. The molecule has 0 bridgehead atoms. The molecule has 0 aliphatic carbocycles. The molecule has 0 aliphatic heterocycles. The highest BCUT2D eigenvalue weighted by atomic mass is 16.5. The fourth-order valence-electron chi connectivity index (χ4n) is 2.64. The number of rotatable bonds is 3. The quantitative estimate of drug-likeness (QED) is 0.669. The summed E-state index contributed by atoms with van der Waals surface area (Å²) in [6.45, 7) is 8.05. The van der Waals surface area contributed by atoms with Gasteiger partial charge in [0, 0.05) is 11.8 Å². The number of hydrogen-bond donors (Lipinski definition) is 0. The average Bonchev–Trinajstić information content (AvgIpc) is 2.52. The Labute approximate surface area is 137 Å². The summed E-state index contributed by atoms with van der Waals surface area (Å²) >= 11 is 0. The monoisotopic (exact) mass is 304 g/mol. The fraction of sp³-hybridized carbons (Fsp3) is 0.200. The third-order valence-corrected chi connectivity index (χ3v) is 3.82. The minimum absolute atomic E-state index is 0.823. The standard InChI is InChI=1S/C20H20N2O/c1-13-6-5-7-14(2)20(13)23-18-10-8-17(9-11-18)19-16(4)22-15(3)12-21-19/h5-12H,1-4H3. The molecule has 3 heteroatoms. The maximum absolute atomic E-state index is 6.04. The number of hydrogen-bond acceptors (Lipinski definition) is 3. The molecule has 0 saturated carbocycles. The molecule has 2 aromatic carbocycles. The van der Waals surface area contributed by atoms with Crippen molar-refractivity contribution in [1.29, 1.82) is 0 Å². The molecule has 3 aromatic rings. The van der Waals surface area contributed by atoms with Crippen molar-refractivity contribution >= 4 is 0 Å². The Morgan fingerprint density at radius 2 is 1.48 bits per heavy atom. The Kier molecular flexibility index (Phi) is 4.11. The zero-order chi connectivity index (χ0) is 16.4. The van der Waals surface area contributed by atoms with Crippen molar-refractivity contribution in [2.24, 2.45) is 0 Å². The Morgan fingerprint density at radius 1 is 0.826 bits per heavy atom. The van der Waals surface area contributed by atoms with Gasteiger partial charge in [0.15, 0.2) is 0 Å². The van der Waals surface area contributed by atoms with Crippen molar-refractivity contribution < 1.29 is 4.74 Å². The molecule has 0 saturated heterocycles. The van der Waals surface area contributed by atoms with Crippen LogP contribution in [0.1, 0.15) is 22.5 Å². The Morgan fingerprint density at radius 3 is 2.09 bits per heavy atom. The van der Waals surface area contributed by atoms with E-state index in [9.17, 15) is 0 Å². The first kappa shape index (κ1) is 15.2. The van der Waals surface area contributed by atoms with Crippen LogP contribution in [0.2, 0.25) is 0 Å². The van der Waals surface area contributed by atoms with E-state index in [1.54, 1.807) is 6.20 Å². The molecule has 0 N–H and O–H groups in total. The number of para-hydroxylation sites is 1. The molecule has 0 unspecified atom stereocenters. The van der Waals surface area contributed by atoms with E-state index >= 15 is 0 Å². The predicted octanol–water partition coefficient (Wildman–Crippen LogP) is 5.17. The van der Waals surface area contributed by atoms with Gasteiger partial charge in [-0.1, -0.05) is 18.2 Å². The molecule has 3 rings (SSSR count). The SMILES string of the molecule is Cc1cnc(-c2ccc(Oc3c(C)cccc3C)cc2)c(C)n1. The maximum atomic E-state index is 6.04. The lowest BCUT2D eigenvalue weighted by Crippen LogP contribution is -1.95. The fourth-order valence-corrected chi connectivity index (χ4v) is 2.64.